The molecule has 4 heterocycles. The number of carbonyl (C=O) groups excluding carboxylic acids is 1. The van der Waals surface area contributed by atoms with E-state index in [1.165, 1.54) is 5.57 Å². The van der Waals surface area contributed by atoms with Crippen LogP contribution in [0.5, 0.6) is 0 Å². The summed E-state index contributed by atoms with van der Waals surface area (Å²) in [6, 6.07) is 1.79. The zero-order valence-electron chi connectivity index (χ0n) is 15.4. The number of nitrogens with one attached hydrogen (secondary N) is 3. The number of aromatic nitrogens is 1. The summed E-state index contributed by atoms with van der Waals surface area (Å²) in [6.07, 6.45) is 9.40. The highest BCUT2D eigenvalue weighted by atomic mass is 16.2. The maximum Gasteiger partial charge on any atom is 0.276 e. The molecule has 0 radical (unpaired) electrons. The highest BCUT2D eigenvalue weighted by molar-refractivity contribution is 5.97. The molecule has 1 amide bonds. The molecule has 1 aliphatic carbocycles. The number of anilines is 1. The quantitative estimate of drug-likeness (QED) is 0.749. The van der Waals surface area contributed by atoms with E-state index in [1.807, 2.05) is 19.3 Å². The van der Waals surface area contributed by atoms with Crippen LogP contribution in [-0.2, 0) is 5.66 Å². The lowest BCUT2D eigenvalue weighted by Gasteiger charge is -2.35. The molecule has 27 heavy (non-hydrogen) atoms. The number of amides is 1. The third-order valence-corrected chi connectivity index (χ3v) is 6.07. The van der Waals surface area contributed by atoms with Crippen LogP contribution in [0.2, 0.25) is 0 Å². The molecule has 7 heteroatoms. The number of hydrogen-bond donors (Lipinski definition) is 3. The van der Waals surface area contributed by atoms with Crippen LogP contribution in [0.25, 0.3) is 0 Å². The van der Waals surface area contributed by atoms with E-state index in [0.29, 0.717) is 11.4 Å². The number of aryl methyl sites for hydroxylation is 1. The number of allylic oxidation sites excluding steroid dienone is 1. The van der Waals surface area contributed by atoms with Gasteiger partial charge in [0.15, 0.2) is 0 Å². The van der Waals surface area contributed by atoms with Gasteiger partial charge in [-0.15, -0.1) is 0 Å². The number of pyridine rings is 1. The first kappa shape index (κ1) is 16.4. The number of fused-ring (bicyclic) bond motifs is 3. The van der Waals surface area contributed by atoms with Crippen LogP contribution < -0.4 is 21.5 Å². The van der Waals surface area contributed by atoms with Crippen molar-refractivity contribution in [3.8, 4) is 0 Å². The molecule has 0 unspecified atom stereocenters. The average molecular weight is 365 g/mol. The predicted octanol–water partition coefficient (Wildman–Crippen LogP) is 2.10. The van der Waals surface area contributed by atoms with E-state index < -0.39 is 5.66 Å². The van der Waals surface area contributed by atoms with Gasteiger partial charge in [-0.1, -0.05) is 6.42 Å². The van der Waals surface area contributed by atoms with Gasteiger partial charge in [-0.05, 0) is 56.2 Å². The molecule has 3 N–H and O–H groups in total. The molecule has 0 bridgehead atoms. The Morgan fingerprint density at radius 1 is 1.22 bits per heavy atom. The Hall–Kier alpha value is -2.83. The summed E-state index contributed by atoms with van der Waals surface area (Å²) in [5.74, 6) is 0.671. The topological polar surface area (TPSA) is 87.5 Å². The normalized spacial score (nSPS) is 22.3. The highest BCUT2D eigenvalue weighted by Crippen LogP contribution is 2.37. The molecular weight excluding hydrogens is 342 g/mol. The van der Waals surface area contributed by atoms with Crippen molar-refractivity contribution in [1.29, 1.82) is 0 Å². The third kappa shape index (κ3) is 2.37. The fraction of sp³-hybridized carbons (Fsp3) is 0.450. The largest absolute Gasteiger partial charge is 0.371 e. The van der Waals surface area contributed by atoms with Gasteiger partial charge in [0.05, 0.1) is 0 Å². The zero-order chi connectivity index (χ0) is 18.6. The second kappa shape index (κ2) is 5.84. The molecule has 1 aromatic heterocycles. The van der Waals surface area contributed by atoms with Gasteiger partial charge in [0.1, 0.15) is 22.9 Å². The Morgan fingerprint density at radius 2 is 2.04 bits per heavy atom. The van der Waals surface area contributed by atoms with Crippen molar-refractivity contribution in [2.24, 2.45) is 4.99 Å². The van der Waals surface area contributed by atoms with Crippen LogP contribution in [0.3, 0.4) is 0 Å². The van der Waals surface area contributed by atoms with Crippen molar-refractivity contribution in [2.75, 3.05) is 11.9 Å². The van der Waals surface area contributed by atoms with Crippen molar-refractivity contribution >= 4 is 17.8 Å². The summed E-state index contributed by atoms with van der Waals surface area (Å²) in [5.41, 5.74) is 3.28. The number of aliphatic imine (C=N–C) groups is 1. The van der Waals surface area contributed by atoms with Crippen molar-refractivity contribution in [2.45, 2.75) is 51.1 Å². The van der Waals surface area contributed by atoms with Crippen molar-refractivity contribution < 1.29 is 4.79 Å². The SMILES string of the molecule is Cc1cc(NC2=C3C=NC=C3CCN2)c(=O)n2c1C(=O)NC21CCCCC1. The van der Waals surface area contributed by atoms with Crippen LogP contribution in [0.1, 0.15) is 54.6 Å². The molecule has 1 fully saturated rings. The summed E-state index contributed by atoms with van der Waals surface area (Å²) < 4.78 is 1.72. The first-order chi connectivity index (χ1) is 13.1. The fourth-order valence-corrected chi connectivity index (χ4v) is 4.78. The van der Waals surface area contributed by atoms with Gasteiger partial charge in [0.25, 0.3) is 11.5 Å². The molecular formula is C20H23N5O2. The number of nitrogens with zero attached hydrogens (tertiary/aromatic N) is 2. The maximum absolute atomic E-state index is 13.4. The second-order valence-corrected chi connectivity index (χ2v) is 7.80. The van der Waals surface area contributed by atoms with Gasteiger partial charge in [0.2, 0.25) is 0 Å². The lowest BCUT2D eigenvalue weighted by Crippen LogP contribution is -2.49. The Morgan fingerprint density at radius 3 is 2.85 bits per heavy atom. The van der Waals surface area contributed by atoms with E-state index in [0.717, 1.165) is 62.0 Å². The molecule has 0 atom stereocenters. The average Bonchev–Trinajstić information content (AvgIpc) is 3.24. The van der Waals surface area contributed by atoms with Crippen molar-refractivity contribution in [3.63, 3.8) is 0 Å². The van der Waals surface area contributed by atoms with Crippen molar-refractivity contribution in [3.05, 3.63) is 50.8 Å². The summed E-state index contributed by atoms with van der Waals surface area (Å²) in [4.78, 5) is 30.3. The van der Waals surface area contributed by atoms with Crippen LogP contribution >= 0.6 is 0 Å². The molecule has 3 aliphatic heterocycles. The molecule has 0 aromatic carbocycles. The monoisotopic (exact) mass is 365 g/mol. The molecule has 0 saturated heterocycles. The summed E-state index contributed by atoms with van der Waals surface area (Å²) >= 11 is 0. The van der Waals surface area contributed by atoms with Gasteiger partial charge >= 0.3 is 0 Å². The fourth-order valence-electron chi connectivity index (χ4n) is 4.78. The highest BCUT2D eigenvalue weighted by Gasteiger charge is 2.45. The lowest BCUT2D eigenvalue weighted by atomic mass is 9.89. The number of carbonyl (C=O) groups is 1. The predicted molar refractivity (Wildman–Crippen MR) is 104 cm³/mol. The molecule has 1 aromatic rings. The Bertz CT molecular complexity index is 992. The van der Waals surface area contributed by atoms with Crippen LogP contribution in [0.15, 0.2) is 39.0 Å². The molecule has 1 saturated carbocycles. The standard InChI is InChI=1S/C20H23N5O2/c1-12-9-15(23-17-14-11-21-10-13(14)5-8-22-17)19(27)25-16(12)18(26)24-20(25)6-3-2-4-7-20/h9-11,22-23H,2-8H2,1H3,(H,24,26). The van der Waals surface area contributed by atoms with Crippen LogP contribution in [0, 0.1) is 6.92 Å². The second-order valence-electron chi connectivity index (χ2n) is 7.80. The summed E-state index contributed by atoms with van der Waals surface area (Å²) in [6.45, 7) is 2.70. The van der Waals surface area contributed by atoms with Crippen LogP contribution in [0.4, 0.5) is 5.69 Å². The van der Waals surface area contributed by atoms with Gasteiger partial charge in [-0.3, -0.25) is 19.1 Å². The van der Waals surface area contributed by atoms with Gasteiger partial charge < -0.3 is 16.0 Å². The minimum Gasteiger partial charge on any atom is -0.371 e. The Kier molecular flexibility index (Phi) is 3.54. The minimum absolute atomic E-state index is 0.135. The third-order valence-electron chi connectivity index (χ3n) is 6.07. The molecule has 7 nitrogen and oxygen atoms in total. The van der Waals surface area contributed by atoms with Gasteiger partial charge in [-0.25, -0.2) is 0 Å². The molecule has 4 aliphatic rings. The first-order valence-corrected chi connectivity index (χ1v) is 9.66. The minimum atomic E-state index is -0.568. The molecule has 140 valence electrons. The van der Waals surface area contributed by atoms with E-state index >= 15 is 0 Å². The Labute approximate surface area is 157 Å². The molecule has 5 rings (SSSR count). The zero-order valence-corrected chi connectivity index (χ0v) is 15.4. The maximum atomic E-state index is 13.4. The summed E-state index contributed by atoms with van der Waals surface area (Å²) in [7, 11) is 0. The molecule has 1 spiro atoms. The van der Waals surface area contributed by atoms with Crippen LogP contribution in [-0.4, -0.2) is 23.2 Å². The Balaban J connectivity index is 1.62. The van der Waals surface area contributed by atoms with E-state index in [-0.39, 0.29) is 11.5 Å². The number of hydrogen-bond acceptors (Lipinski definition) is 5. The smallest absolute Gasteiger partial charge is 0.276 e. The van der Waals surface area contributed by atoms with E-state index in [2.05, 4.69) is 20.9 Å². The number of rotatable bonds is 2. The van der Waals surface area contributed by atoms with E-state index in [9.17, 15) is 9.59 Å². The van der Waals surface area contributed by atoms with Gasteiger partial charge in [0, 0.05) is 24.5 Å². The van der Waals surface area contributed by atoms with E-state index in [4.69, 9.17) is 0 Å². The van der Waals surface area contributed by atoms with E-state index in [1.54, 1.807) is 10.6 Å². The van der Waals surface area contributed by atoms with Crippen molar-refractivity contribution in [1.82, 2.24) is 15.2 Å². The lowest BCUT2D eigenvalue weighted by molar-refractivity contribution is 0.0876. The first-order valence-electron chi connectivity index (χ1n) is 9.66. The van der Waals surface area contributed by atoms with Gasteiger partial charge in [-0.2, -0.15) is 0 Å². The summed E-state index contributed by atoms with van der Waals surface area (Å²) in [5, 5.41) is 9.75.